The fourth-order valence-corrected chi connectivity index (χ4v) is 3.79. The van der Waals surface area contributed by atoms with Crippen molar-refractivity contribution in [2.75, 3.05) is 0 Å². The summed E-state index contributed by atoms with van der Waals surface area (Å²) in [4.78, 5) is 11.7. The summed E-state index contributed by atoms with van der Waals surface area (Å²) in [5.74, 6) is 1.03. The van der Waals surface area contributed by atoms with E-state index in [0.717, 1.165) is 12.2 Å². The number of rotatable bonds is 4. The van der Waals surface area contributed by atoms with Gasteiger partial charge in [0, 0.05) is 18.2 Å². The Morgan fingerprint density at radius 2 is 2.00 bits per heavy atom. The van der Waals surface area contributed by atoms with Crippen LogP contribution in [0.5, 0.6) is 0 Å². The quantitative estimate of drug-likeness (QED) is 0.911. The zero-order valence-corrected chi connectivity index (χ0v) is 13.0. The van der Waals surface area contributed by atoms with Crippen molar-refractivity contribution in [3.8, 4) is 0 Å². The molecular formula is C17H20N2OS. The lowest BCUT2D eigenvalue weighted by Crippen LogP contribution is -2.54. The summed E-state index contributed by atoms with van der Waals surface area (Å²) in [5.41, 5.74) is 1.32. The summed E-state index contributed by atoms with van der Waals surface area (Å²) >= 11 is 1.75. The Morgan fingerprint density at radius 1 is 1.19 bits per heavy atom. The van der Waals surface area contributed by atoms with Crippen LogP contribution in [0.15, 0.2) is 42.5 Å². The maximum Gasteiger partial charge on any atom is 0.223 e. The zero-order valence-electron chi connectivity index (χ0n) is 12.1. The van der Waals surface area contributed by atoms with Gasteiger partial charge in [-0.05, 0) is 22.8 Å². The minimum absolute atomic E-state index is 0.00942. The highest BCUT2D eigenvalue weighted by Gasteiger charge is 2.24. The monoisotopic (exact) mass is 300 g/mol. The molecule has 0 spiro atoms. The second kappa shape index (κ2) is 6.50. The molecule has 4 heteroatoms. The van der Waals surface area contributed by atoms with Crippen molar-refractivity contribution in [1.82, 2.24) is 10.6 Å². The number of nitrogens with one attached hydrogen (secondary N) is 2. The maximum atomic E-state index is 11.7. The second-order valence-corrected chi connectivity index (χ2v) is 6.47. The summed E-state index contributed by atoms with van der Waals surface area (Å²) in [6.07, 6.45) is 1.57. The number of carbonyl (C=O) groups is 1. The molecule has 3 rings (SSSR count). The van der Waals surface area contributed by atoms with Gasteiger partial charge in [0.25, 0.3) is 0 Å². The van der Waals surface area contributed by atoms with Crippen LogP contribution in [0.1, 0.15) is 25.3 Å². The van der Waals surface area contributed by atoms with Crippen molar-refractivity contribution >= 4 is 28.4 Å². The van der Waals surface area contributed by atoms with Crippen LogP contribution >= 0.6 is 11.8 Å². The van der Waals surface area contributed by atoms with E-state index in [-0.39, 0.29) is 11.4 Å². The van der Waals surface area contributed by atoms with E-state index in [4.69, 9.17) is 0 Å². The van der Waals surface area contributed by atoms with Crippen molar-refractivity contribution in [3.05, 3.63) is 48.0 Å². The van der Waals surface area contributed by atoms with Crippen LogP contribution in [0.2, 0.25) is 0 Å². The van der Waals surface area contributed by atoms with Gasteiger partial charge in [-0.15, -0.1) is 11.8 Å². The van der Waals surface area contributed by atoms with Crippen LogP contribution in [-0.4, -0.2) is 17.4 Å². The van der Waals surface area contributed by atoms with E-state index in [1.54, 1.807) is 11.8 Å². The molecule has 0 saturated carbocycles. The molecule has 3 nitrogen and oxygen atoms in total. The number of thioether (sulfide) groups is 1. The minimum atomic E-state index is 0.00942. The molecule has 0 bridgehead atoms. The van der Waals surface area contributed by atoms with Crippen LogP contribution in [0, 0.1) is 0 Å². The Labute approximate surface area is 129 Å². The molecule has 0 aliphatic carbocycles. The van der Waals surface area contributed by atoms with Gasteiger partial charge in [-0.3, -0.25) is 10.1 Å². The molecule has 110 valence electrons. The van der Waals surface area contributed by atoms with E-state index in [9.17, 15) is 4.79 Å². The highest BCUT2D eigenvalue weighted by molar-refractivity contribution is 7.99. The molecule has 2 atom stereocenters. The number of hydrogen-bond acceptors (Lipinski definition) is 3. The van der Waals surface area contributed by atoms with Crippen LogP contribution in [0.4, 0.5) is 0 Å². The molecule has 2 unspecified atom stereocenters. The molecule has 0 aromatic heterocycles. The number of benzene rings is 2. The van der Waals surface area contributed by atoms with Gasteiger partial charge in [0.15, 0.2) is 0 Å². The van der Waals surface area contributed by atoms with E-state index in [2.05, 4.69) is 60.0 Å². The van der Waals surface area contributed by atoms with E-state index in [0.29, 0.717) is 12.5 Å². The van der Waals surface area contributed by atoms with Gasteiger partial charge in [0.2, 0.25) is 5.91 Å². The Hall–Kier alpha value is -1.52. The van der Waals surface area contributed by atoms with E-state index >= 15 is 0 Å². The maximum absolute atomic E-state index is 11.7. The predicted octanol–water partition coefficient (Wildman–Crippen LogP) is 3.24. The Bertz CT molecular complexity index is 638. The molecule has 21 heavy (non-hydrogen) atoms. The van der Waals surface area contributed by atoms with E-state index in [1.165, 1.54) is 16.3 Å². The minimum Gasteiger partial charge on any atom is -0.332 e. The van der Waals surface area contributed by atoms with Crippen molar-refractivity contribution in [2.24, 2.45) is 0 Å². The third-order valence-corrected chi connectivity index (χ3v) is 4.95. The first-order valence-electron chi connectivity index (χ1n) is 7.40. The number of hydrogen-bond donors (Lipinski definition) is 2. The van der Waals surface area contributed by atoms with Crippen molar-refractivity contribution in [3.63, 3.8) is 0 Å². The average molecular weight is 300 g/mol. The molecule has 1 aliphatic heterocycles. The summed E-state index contributed by atoms with van der Waals surface area (Å²) in [7, 11) is 0. The molecule has 2 N–H and O–H groups in total. The van der Waals surface area contributed by atoms with E-state index in [1.807, 2.05) is 0 Å². The van der Waals surface area contributed by atoms with Gasteiger partial charge < -0.3 is 5.32 Å². The van der Waals surface area contributed by atoms with Crippen LogP contribution in [0.3, 0.4) is 0 Å². The standard InChI is InChI=1S/C17H20N2OS/c1-2-14-10-16(20)19-17(18-14)21-11-13-8-5-7-12-6-3-4-9-15(12)13/h3-9,14,17-18H,2,10-11H2,1H3,(H,19,20). The van der Waals surface area contributed by atoms with Crippen LogP contribution in [0.25, 0.3) is 10.8 Å². The first-order chi connectivity index (χ1) is 10.3. The summed E-state index contributed by atoms with van der Waals surface area (Å²) in [6, 6.07) is 15.1. The highest BCUT2D eigenvalue weighted by Crippen LogP contribution is 2.24. The van der Waals surface area contributed by atoms with Gasteiger partial charge in [-0.25, -0.2) is 0 Å². The first-order valence-corrected chi connectivity index (χ1v) is 8.45. The number of carbonyl (C=O) groups excluding carboxylic acids is 1. The Morgan fingerprint density at radius 3 is 2.86 bits per heavy atom. The molecule has 1 heterocycles. The second-order valence-electron chi connectivity index (χ2n) is 5.37. The lowest BCUT2D eigenvalue weighted by atomic mass is 10.1. The molecule has 0 radical (unpaired) electrons. The lowest BCUT2D eigenvalue weighted by Gasteiger charge is -2.30. The molecule has 1 aliphatic rings. The lowest BCUT2D eigenvalue weighted by molar-refractivity contribution is -0.123. The van der Waals surface area contributed by atoms with Crippen LogP contribution < -0.4 is 10.6 Å². The van der Waals surface area contributed by atoms with Crippen molar-refractivity contribution in [1.29, 1.82) is 0 Å². The van der Waals surface area contributed by atoms with E-state index < -0.39 is 0 Å². The smallest absolute Gasteiger partial charge is 0.223 e. The Balaban J connectivity index is 1.70. The third kappa shape index (κ3) is 3.39. The van der Waals surface area contributed by atoms with Crippen LogP contribution in [-0.2, 0) is 10.5 Å². The summed E-state index contributed by atoms with van der Waals surface area (Å²) in [5, 5.41) is 9.05. The predicted molar refractivity (Wildman–Crippen MR) is 89.0 cm³/mol. The Kier molecular flexibility index (Phi) is 4.46. The van der Waals surface area contributed by atoms with Crippen molar-refractivity contribution in [2.45, 2.75) is 37.1 Å². The van der Waals surface area contributed by atoms with Gasteiger partial charge in [0.05, 0.1) is 0 Å². The summed E-state index contributed by atoms with van der Waals surface area (Å²) < 4.78 is 0. The van der Waals surface area contributed by atoms with Gasteiger partial charge in [-0.2, -0.15) is 0 Å². The fourth-order valence-electron chi connectivity index (χ4n) is 2.69. The van der Waals surface area contributed by atoms with Gasteiger partial charge in [-0.1, -0.05) is 49.4 Å². The molecule has 1 fully saturated rings. The zero-order chi connectivity index (χ0) is 14.7. The van der Waals surface area contributed by atoms with Gasteiger partial charge in [0.1, 0.15) is 5.50 Å². The third-order valence-electron chi connectivity index (χ3n) is 3.89. The highest BCUT2D eigenvalue weighted by atomic mass is 32.2. The molecule has 1 saturated heterocycles. The summed E-state index contributed by atoms with van der Waals surface area (Å²) in [6.45, 7) is 2.11. The first kappa shape index (κ1) is 14.4. The molecule has 2 aromatic rings. The topological polar surface area (TPSA) is 41.1 Å². The molecule has 1 amide bonds. The fraction of sp³-hybridized carbons (Fsp3) is 0.353. The largest absolute Gasteiger partial charge is 0.332 e. The molecular weight excluding hydrogens is 280 g/mol. The average Bonchev–Trinajstić information content (AvgIpc) is 2.52. The SMILES string of the molecule is CCC1CC(=O)NC(SCc2cccc3ccccc23)N1. The van der Waals surface area contributed by atoms with Gasteiger partial charge >= 0.3 is 0 Å². The molecule has 2 aromatic carbocycles. The normalized spacial score (nSPS) is 22.2. The van der Waals surface area contributed by atoms with Crippen molar-refractivity contribution < 1.29 is 4.79 Å². The number of amides is 1. The number of fused-ring (bicyclic) bond motifs is 1.